The Morgan fingerprint density at radius 2 is 2.08 bits per heavy atom. The van der Waals surface area contributed by atoms with Gasteiger partial charge in [0.05, 0.1) is 5.69 Å². The Labute approximate surface area is 139 Å². The summed E-state index contributed by atoms with van der Waals surface area (Å²) < 4.78 is 13.3. The maximum atomic E-state index is 13.3. The standard InChI is InChI=1S/C18H19FN4O/c19-14-3-1-12(2-4-14)17(18(24)22-15-5-6-15)23-8-7-13-9-20-11-21-16(13)10-23/h1-4,9,11,15,17H,5-8,10H2,(H,22,24)/t17-/m0/s1. The largest absolute Gasteiger partial charge is 0.352 e. The molecule has 0 unspecified atom stereocenters. The summed E-state index contributed by atoms with van der Waals surface area (Å²) in [6.07, 6.45) is 6.27. The molecule has 124 valence electrons. The summed E-state index contributed by atoms with van der Waals surface area (Å²) >= 11 is 0. The molecule has 6 heteroatoms. The van der Waals surface area contributed by atoms with Crippen molar-refractivity contribution in [2.75, 3.05) is 6.54 Å². The topological polar surface area (TPSA) is 58.1 Å². The third-order valence-electron chi connectivity index (χ3n) is 4.63. The molecule has 2 aliphatic rings. The van der Waals surface area contributed by atoms with Crippen LogP contribution in [0.2, 0.25) is 0 Å². The lowest BCUT2D eigenvalue weighted by atomic mass is 9.99. The van der Waals surface area contributed by atoms with Crippen LogP contribution in [0.25, 0.3) is 0 Å². The van der Waals surface area contributed by atoms with E-state index < -0.39 is 6.04 Å². The Morgan fingerprint density at radius 3 is 2.83 bits per heavy atom. The zero-order valence-corrected chi connectivity index (χ0v) is 13.3. The number of rotatable bonds is 4. The number of fused-ring (bicyclic) bond motifs is 1. The van der Waals surface area contributed by atoms with Crippen LogP contribution in [0.4, 0.5) is 4.39 Å². The Hall–Kier alpha value is -2.34. The molecule has 1 aliphatic heterocycles. The maximum Gasteiger partial charge on any atom is 0.242 e. The lowest BCUT2D eigenvalue weighted by molar-refractivity contribution is -0.127. The summed E-state index contributed by atoms with van der Waals surface area (Å²) in [5.41, 5.74) is 2.91. The zero-order valence-electron chi connectivity index (χ0n) is 13.3. The van der Waals surface area contributed by atoms with E-state index in [2.05, 4.69) is 20.2 Å². The van der Waals surface area contributed by atoms with Crippen LogP contribution in [0, 0.1) is 5.82 Å². The second-order valence-corrected chi connectivity index (χ2v) is 6.45. The minimum Gasteiger partial charge on any atom is -0.352 e. The fourth-order valence-electron chi connectivity index (χ4n) is 3.17. The second-order valence-electron chi connectivity index (χ2n) is 6.45. The highest BCUT2D eigenvalue weighted by molar-refractivity contribution is 5.83. The molecular formula is C18H19FN4O. The van der Waals surface area contributed by atoms with E-state index in [-0.39, 0.29) is 11.7 Å². The number of hydrogen-bond donors (Lipinski definition) is 1. The van der Waals surface area contributed by atoms with Gasteiger partial charge in [-0.05, 0) is 42.5 Å². The lowest BCUT2D eigenvalue weighted by Crippen LogP contribution is -2.43. The molecule has 1 atom stereocenters. The molecule has 5 nitrogen and oxygen atoms in total. The van der Waals surface area contributed by atoms with E-state index in [1.165, 1.54) is 12.1 Å². The molecule has 0 spiro atoms. The maximum absolute atomic E-state index is 13.3. The fraction of sp³-hybridized carbons (Fsp3) is 0.389. The van der Waals surface area contributed by atoms with Crippen LogP contribution in [-0.2, 0) is 17.8 Å². The molecule has 2 heterocycles. The predicted octanol–water partition coefficient (Wildman–Crippen LogP) is 1.99. The van der Waals surface area contributed by atoms with E-state index in [1.54, 1.807) is 18.5 Å². The molecule has 4 rings (SSSR count). The van der Waals surface area contributed by atoms with Gasteiger partial charge in [0.15, 0.2) is 0 Å². The molecule has 1 saturated carbocycles. The molecule has 0 saturated heterocycles. The molecule has 2 aromatic rings. The van der Waals surface area contributed by atoms with Crippen molar-refractivity contribution in [3.05, 3.63) is 59.4 Å². The minimum atomic E-state index is -0.422. The van der Waals surface area contributed by atoms with Gasteiger partial charge < -0.3 is 5.32 Å². The van der Waals surface area contributed by atoms with Crippen LogP contribution >= 0.6 is 0 Å². The van der Waals surface area contributed by atoms with Gasteiger partial charge in [-0.25, -0.2) is 14.4 Å². The smallest absolute Gasteiger partial charge is 0.242 e. The highest BCUT2D eigenvalue weighted by Gasteiger charge is 2.34. The first-order chi connectivity index (χ1) is 11.7. The average molecular weight is 326 g/mol. The molecule has 1 aromatic heterocycles. The van der Waals surface area contributed by atoms with Crippen LogP contribution in [-0.4, -0.2) is 33.4 Å². The van der Waals surface area contributed by atoms with Crippen LogP contribution in [0.3, 0.4) is 0 Å². The Bertz CT molecular complexity index is 745. The highest BCUT2D eigenvalue weighted by Crippen LogP contribution is 2.29. The van der Waals surface area contributed by atoms with Gasteiger partial charge in [0, 0.05) is 25.3 Å². The third-order valence-corrected chi connectivity index (χ3v) is 4.63. The van der Waals surface area contributed by atoms with E-state index in [4.69, 9.17) is 0 Å². The number of carbonyl (C=O) groups excluding carboxylic acids is 1. The van der Waals surface area contributed by atoms with Crippen LogP contribution < -0.4 is 5.32 Å². The predicted molar refractivity (Wildman–Crippen MR) is 86.5 cm³/mol. The Kier molecular flexibility index (Phi) is 3.98. The molecule has 1 N–H and O–H groups in total. The highest BCUT2D eigenvalue weighted by atomic mass is 19.1. The van der Waals surface area contributed by atoms with Gasteiger partial charge in [-0.1, -0.05) is 12.1 Å². The van der Waals surface area contributed by atoms with Crippen molar-refractivity contribution in [3.8, 4) is 0 Å². The molecule has 1 fully saturated rings. The van der Waals surface area contributed by atoms with Crippen molar-refractivity contribution in [1.29, 1.82) is 0 Å². The number of nitrogens with one attached hydrogen (secondary N) is 1. The zero-order chi connectivity index (χ0) is 16.5. The molecule has 24 heavy (non-hydrogen) atoms. The number of benzene rings is 1. The SMILES string of the molecule is O=C(NC1CC1)[C@H](c1ccc(F)cc1)N1CCc2cncnc2C1. The number of amides is 1. The number of carbonyl (C=O) groups is 1. The van der Waals surface area contributed by atoms with Gasteiger partial charge >= 0.3 is 0 Å². The third kappa shape index (κ3) is 3.14. The van der Waals surface area contributed by atoms with E-state index in [0.29, 0.717) is 12.6 Å². The number of aromatic nitrogens is 2. The average Bonchev–Trinajstić information content (AvgIpc) is 3.41. The first-order valence-corrected chi connectivity index (χ1v) is 8.28. The summed E-state index contributed by atoms with van der Waals surface area (Å²) in [5, 5.41) is 3.08. The Balaban J connectivity index is 1.62. The van der Waals surface area contributed by atoms with E-state index in [9.17, 15) is 9.18 Å². The fourth-order valence-corrected chi connectivity index (χ4v) is 3.17. The van der Waals surface area contributed by atoms with Crippen molar-refractivity contribution < 1.29 is 9.18 Å². The van der Waals surface area contributed by atoms with Gasteiger partial charge in [0.25, 0.3) is 0 Å². The number of hydrogen-bond acceptors (Lipinski definition) is 4. The van der Waals surface area contributed by atoms with Crippen molar-refractivity contribution >= 4 is 5.91 Å². The van der Waals surface area contributed by atoms with Crippen molar-refractivity contribution in [2.24, 2.45) is 0 Å². The van der Waals surface area contributed by atoms with Crippen LogP contribution in [0.1, 0.15) is 35.7 Å². The molecule has 1 amide bonds. The Morgan fingerprint density at radius 1 is 1.29 bits per heavy atom. The van der Waals surface area contributed by atoms with Crippen molar-refractivity contribution in [2.45, 2.75) is 37.9 Å². The molecule has 0 bridgehead atoms. The summed E-state index contributed by atoms with van der Waals surface area (Å²) in [6.45, 7) is 1.35. The second kappa shape index (κ2) is 6.28. The van der Waals surface area contributed by atoms with Gasteiger partial charge in [0.2, 0.25) is 5.91 Å². The first kappa shape index (κ1) is 15.2. The van der Waals surface area contributed by atoms with E-state index in [0.717, 1.165) is 42.6 Å². The normalized spacial score (nSPS) is 18.7. The monoisotopic (exact) mass is 326 g/mol. The van der Waals surface area contributed by atoms with Crippen molar-refractivity contribution in [3.63, 3.8) is 0 Å². The van der Waals surface area contributed by atoms with E-state index in [1.807, 2.05) is 6.20 Å². The number of nitrogens with zero attached hydrogens (tertiary/aromatic N) is 3. The van der Waals surface area contributed by atoms with Gasteiger partial charge in [-0.3, -0.25) is 9.69 Å². The first-order valence-electron chi connectivity index (χ1n) is 8.28. The van der Waals surface area contributed by atoms with Gasteiger partial charge in [0.1, 0.15) is 18.2 Å². The summed E-state index contributed by atoms with van der Waals surface area (Å²) in [4.78, 5) is 23.3. The minimum absolute atomic E-state index is 0.0124. The molecule has 1 aliphatic carbocycles. The quantitative estimate of drug-likeness (QED) is 0.933. The summed E-state index contributed by atoms with van der Waals surface area (Å²) in [5.74, 6) is -0.307. The van der Waals surface area contributed by atoms with Crippen LogP contribution in [0.5, 0.6) is 0 Å². The lowest BCUT2D eigenvalue weighted by Gasteiger charge is -2.34. The molecular weight excluding hydrogens is 307 g/mol. The van der Waals surface area contributed by atoms with E-state index >= 15 is 0 Å². The molecule has 0 radical (unpaired) electrons. The van der Waals surface area contributed by atoms with Gasteiger partial charge in [-0.2, -0.15) is 0 Å². The van der Waals surface area contributed by atoms with Gasteiger partial charge in [-0.15, -0.1) is 0 Å². The summed E-state index contributed by atoms with van der Waals surface area (Å²) in [6, 6.07) is 6.08. The van der Waals surface area contributed by atoms with Crippen LogP contribution in [0.15, 0.2) is 36.8 Å². The molecule has 1 aromatic carbocycles. The van der Waals surface area contributed by atoms with Crippen molar-refractivity contribution in [1.82, 2.24) is 20.2 Å². The number of halogens is 1. The summed E-state index contributed by atoms with van der Waals surface area (Å²) in [7, 11) is 0.